The van der Waals surface area contributed by atoms with Gasteiger partial charge in [-0.05, 0) is 87.9 Å². The van der Waals surface area contributed by atoms with Crippen molar-refractivity contribution in [3.63, 3.8) is 0 Å². The number of ether oxygens (including phenoxy) is 4. The molecule has 9 nitrogen and oxygen atoms in total. The molecule has 1 aliphatic carbocycles. The number of piperidine rings is 1. The highest BCUT2D eigenvalue weighted by Crippen LogP contribution is 2.61. The van der Waals surface area contributed by atoms with Gasteiger partial charge in [-0.25, -0.2) is 18.4 Å². The lowest BCUT2D eigenvalue weighted by molar-refractivity contribution is -0.186. The van der Waals surface area contributed by atoms with Crippen LogP contribution in [0.3, 0.4) is 0 Å². The topological polar surface area (TPSA) is 91.3 Å². The van der Waals surface area contributed by atoms with E-state index >= 15 is 0 Å². The van der Waals surface area contributed by atoms with E-state index < -0.39 is 29.0 Å². The number of alkyl halides is 2. The fourth-order valence-corrected chi connectivity index (χ4v) is 7.15. The number of hydrogen-bond acceptors (Lipinski definition) is 8. The van der Waals surface area contributed by atoms with Gasteiger partial charge in [0.15, 0.2) is 0 Å². The number of hydrogen-bond donors (Lipinski definition) is 1. The zero-order valence-electron chi connectivity index (χ0n) is 27.8. The van der Waals surface area contributed by atoms with Crippen LogP contribution in [0.25, 0.3) is 10.9 Å². The average molecular weight is 642 g/mol. The highest BCUT2D eigenvalue weighted by molar-refractivity contribution is 5.95. The molecule has 2 heterocycles. The molecule has 1 saturated carbocycles. The number of rotatable bonds is 9. The summed E-state index contributed by atoms with van der Waals surface area (Å²) in [6, 6.07) is 8.97. The van der Waals surface area contributed by atoms with E-state index in [1.165, 1.54) is 11.7 Å². The molecule has 250 valence electrons. The zero-order valence-corrected chi connectivity index (χ0v) is 27.8. The molecule has 46 heavy (non-hydrogen) atoms. The van der Waals surface area contributed by atoms with Crippen LogP contribution in [-0.2, 0) is 20.8 Å². The number of nitrogens with zero attached hydrogens (tertiary/aromatic N) is 2. The van der Waals surface area contributed by atoms with E-state index in [0.29, 0.717) is 50.4 Å². The number of anilines is 1. The Morgan fingerprint density at radius 2 is 1.83 bits per heavy atom. The monoisotopic (exact) mass is 641 g/mol. The summed E-state index contributed by atoms with van der Waals surface area (Å²) in [5, 5.41) is 4.26. The molecule has 1 aromatic heterocycles. The van der Waals surface area contributed by atoms with E-state index in [9.17, 15) is 18.4 Å². The minimum atomic E-state index is -2.65. The van der Waals surface area contributed by atoms with Crippen molar-refractivity contribution >= 4 is 28.7 Å². The first-order chi connectivity index (χ1) is 21.7. The molecular formula is C35H45F2N3O6. The van der Waals surface area contributed by atoms with Gasteiger partial charge >= 0.3 is 12.1 Å². The van der Waals surface area contributed by atoms with E-state index in [-0.39, 0.29) is 18.9 Å². The number of carbonyl (C=O) groups is 2. The third-order valence-corrected chi connectivity index (χ3v) is 9.12. The Kier molecular flexibility index (Phi) is 9.39. The van der Waals surface area contributed by atoms with E-state index in [1.807, 2.05) is 45.9 Å². The van der Waals surface area contributed by atoms with E-state index in [1.54, 1.807) is 32.5 Å². The predicted octanol–water partition coefficient (Wildman–Crippen LogP) is 7.34. The Labute approximate surface area is 269 Å². The minimum Gasteiger partial charge on any atom is -0.496 e. The third kappa shape index (κ3) is 6.85. The Balaban J connectivity index is 1.58. The summed E-state index contributed by atoms with van der Waals surface area (Å²) in [7, 11) is 4.57. The van der Waals surface area contributed by atoms with Gasteiger partial charge in [0.25, 0.3) is 0 Å². The molecule has 2 aromatic carbocycles. The summed E-state index contributed by atoms with van der Waals surface area (Å²) in [6.07, 6.45) is 2.17. The molecule has 1 atom stereocenters. The lowest BCUT2D eigenvalue weighted by Crippen LogP contribution is -2.53. The lowest BCUT2D eigenvalue weighted by atomic mass is 9.58. The summed E-state index contributed by atoms with van der Waals surface area (Å²) in [6.45, 7) is 9.39. The van der Waals surface area contributed by atoms with Gasteiger partial charge in [-0.2, -0.15) is 0 Å². The van der Waals surface area contributed by atoms with Gasteiger partial charge in [0.1, 0.15) is 11.4 Å². The van der Waals surface area contributed by atoms with Crippen molar-refractivity contribution in [2.45, 2.75) is 77.5 Å². The second-order valence-corrected chi connectivity index (χ2v) is 13.7. The molecule has 3 aromatic rings. The van der Waals surface area contributed by atoms with Gasteiger partial charge in [-0.1, -0.05) is 6.07 Å². The predicted molar refractivity (Wildman–Crippen MR) is 172 cm³/mol. The van der Waals surface area contributed by atoms with Crippen LogP contribution in [0.4, 0.5) is 19.3 Å². The molecule has 2 fully saturated rings. The summed E-state index contributed by atoms with van der Waals surface area (Å²) >= 11 is 0. The highest BCUT2D eigenvalue weighted by atomic mass is 19.3. The van der Waals surface area contributed by atoms with Crippen LogP contribution in [-0.4, -0.2) is 74.1 Å². The van der Waals surface area contributed by atoms with Gasteiger partial charge in [0.05, 0.1) is 31.9 Å². The summed E-state index contributed by atoms with van der Waals surface area (Å²) < 4.78 is 52.0. The minimum absolute atomic E-state index is 0.131. The normalized spacial score (nSPS) is 19.1. The first-order valence-corrected chi connectivity index (χ1v) is 15.7. The maximum atomic E-state index is 14.3. The first kappa shape index (κ1) is 33.7. The summed E-state index contributed by atoms with van der Waals surface area (Å²) in [4.78, 5) is 27.9. The summed E-state index contributed by atoms with van der Waals surface area (Å²) in [5.74, 6) is -2.43. The van der Waals surface area contributed by atoms with Crippen molar-refractivity contribution in [1.82, 2.24) is 9.47 Å². The molecule has 0 bridgehead atoms. The fourth-order valence-electron chi connectivity index (χ4n) is 7.15. The number of esters is 1. The average Bonchev–Trinajstić information content (AvgIpc) is 3.43. The van der Waals surface area contributed by atoms with Gasteiger partial charge in [-0.3, -0.25) is 9.47 Å². The molecule has 0 unspecified atom stereocenters. The number of methoxy groups -OCH3 is 3. The zero-order chi connectivity index (χ0) is 33.4. The molecule has 1 aliphatic heterocycles. The van der Waals surface area contributed by atoms with Crippen LogP contribution in [0.15, 0.2) is 36.5 Å². The third-order valence-electron chi connectivity index (χ3n) is 9.12. The molecule has 1 saturated heterocycles. The fraction of sp³-hybridized carbons (Fsp3) is 0.543. The van der Waals surface area contributed by atoms with Gasteiger partial charge in [-0.15, -0.1) is 0 Å². The number of aryl methyl sites for hydroxylation is 1. The summed E-state index contributed by atoms with van der Waals surface area (Å²) in [5.41, 5.74) is 3.39. The van der Waals surface area contributed by atoms with Crippen molar-refractivity contribution in [2.24, 2.45) is 5.41 Å². The van der Waals surface area contributed by atoms with E-state index in [2.05, 4.69) is 10.2 Å². The number of fused-ring (bicyclic) bond motifs is 1. The van der Waals surface area contributed by atoms with Crippen LogP contribution in [0.5, 0.6) is 5.75 Å². The maximum absolute atomic E-state index is 14.3. The van der Waals surface area contributed by atoms with Crippen molar-refractivity contribution < 1.29 is 37.3 Å². The number of benzene rings is 2. The number of carbonyl (C=O) groups excluding carboxylic acids is 2. The standard InChI is InChI=1S/C35H45F2N3O6/c1-22-16-29(44-6)26(24-10-13-40(30(22)24)32(42)46-33(2,3)4)19-39-14-11-34(20-35(36,37)21-34)18-28(39)25-9-8-23(31(41)45-7)17-27(25)38-12-15-43-5/h8-10,13,16-17,28,38H,11-12,14-15,18-21H2,1-7H3/t28-/m0/s1. The van der Waals surface area contributed by atoms with Crippen LogP contribution in [0.2, 0.25) is 0 Å². The van der Waals surface area contributed by atoms with Crippen molar-refractivity contribution in [2.75, 3.05) is 46.3 Å². The smallest absolute Gasteiger partial charge is 0.419 e. The molecule has 0 radical (unpaired) electrons. The van der Waals surface area contributed by atoms with Crippen LogP contribution >= 0.6 is 0 Å². The second-order valence-electron chi connectivity index (χ2n) is 13.7. The Morgan fingerprint density at radius 3 is 2.46 bits per heavy atom. The van der Waals surface area contributed by atoms with Crippen molar-refractivity contribution in [3.05, 3.63) is 58.8 Å². The van der Waals surface area contributed by atoms with Crippen LogP contribution < -0.4 is 10.1 Å². The largest absolute Gasteiger partial charge is 0.496 e. The molecule has 0 amide bonds. The lowest BCUT2D eigenvalue weighted by Gasteiger charge is -2.55. The van der Waals surface area contributed by atoms with Gasteiger partial charge in [0.2, 0.25) is 5.92 Å². The number of likely N-dealkylation sites (tertiary alicyclic amines) is 1. The molecule has 11 heteroatoms. The van der Waals surface area contributed by atoms with E-state index in [4.69, 9.17) is 18.9 Å². The molecule has 5 rings (SSSR count). The molecule has 2 aliphatic rings. The highest BCUT2D eigenvalue weighted by Gasteiger charge is 2.58. The second kappa shape index (κ2) is 12.8. The quantitative estimate of drug-likeness (QED) is 0.192. The Bertz CT molecular complexity index is 1600. The van der Waals surface area contributed by atoms with Crippen LogP contribution in [0, 0.1) is 12.3 Å². The molecule has 1 N–H and O–H groups in total. The van der Waals surface area contributed by atoms with E-state index in [0.717, 1.165) is 33.3 Å². The Hall–Kier alpha value is -3.70. The molecule has 1 spiro atoms. The number of aromatic nitrogens is 1. The SMILES string of the molecule is COCCNc1cc(C(=O)OC)ccc1[C@@H]1CC2(CCN1Cc1c(OC)cc(C)c3c1ccn3C(=O)OC(C)(C)C)CC(F)(F)C2. The van der Waals surface area contributed by atoms with Crippen LogP contribution in [0.1, 0.15) is 79.5 Å². The first-order valence-electron chi connectivity index (χ1n) is 15.7. The van der Waals surface area contributed by atoms with Gasteiger partial charge < -0.3 is 24.3 Å². The van der Waals surface area contributed by atoms with Crippen molar-refractivity contribution in [1.29, 1.82) is 0 Å². The maximum Gasteiger partial charge on any atom is 0.419 e. The van der Waals surface area contributed by atoms with Crippen molar-refractivity contribution in [3.8, 4) is 5.75 Å². The van der Waals surface area contributed by atoms with Gasteiger partial charge in [0, 0.05) is 61.9 Å². The number of nitrogens with one attached hydrogen (secondary N) is 1. The number of halogens is 2. The Morgan fingerprint density at radius 1 is 1.09 bits per heavy atom. The molecular weight excluding hydrogens is 596 g/mol.